The molecule has 10 rings (SSSR count). The van der Waals surface area contributed by atoms with Crippen molar-refractivity contribution in [2.45, 2.75) is 51.4 Å². The van der Waals surface area contributed by atoms with Crippen molar-refractivity contribution in [3.63, 3.8) is 0 Å². The Bertz CT molecular complexity index is 2460. The van der Waals surface area contributed by atoms with Crippen LogP contribution in [0.25, 0.3) is 54.6 Å². The van der Waals surface area contributed by atoms with Crippen LogP contribution in [-0.2, 0) is 12.8 Å². The number of aryl methyl sites for hydroxylation is 2. The maximum atomic E-state index is 2.62. The standard InChI is InChI=1S/C49H47N3/c1-50-46-15-7-6-13-35(46)17-18-36-19-21-39(31-47(36)50)49-43-25-23-40(51-26-8-2-9-27-51)32-44(43)48(38-20-16-34-12-4-5-14-37(34)30-38)42-24-22-41(33-45(42)49)52-28-10-3-11-29-52/h4-7,12-16,19-25,30-33H,2-3,8-11,17-18,26-29H2,1H3. The number of hydrogen-bond donors (Lipinski definition) is 0. The van der Waals surface area contributed by atoms with Gasteiger partial charge in [-0.2, -0.15) is 0 Å². The van der Waals surface area contributed by atoms with Gasteiger partial charge in [-0.25, -0.2) is 0 Å². The molecule has 3 nitrogen and oxygen atoms in total. The lowest BCUT2D eigenvalue weighted by Gasteiger charge is -2.30. The number of anilines is 4. The SMILES string of the molecule is CN1c2ccccc2CCc2ccc(-c3c4ccc(N5CCCCC5)cc4c(-c4ccc5ccccc5c4)c4ccc(N5CCCCC5)cc34)cc21. The Kier molecular flexibility index (Phi) is 7.89. The maximum Gasteiger partial charge on any atom is 0.0447 e. The van der Waals surface area contributed by atoms with E-state index in [0.29, 0.717) is 0 Å². The lowest BCUT2D eigenvalue weighted by Crippen LogP contribution is -2.29. The molecule has 0 bridgehead atoms. The van der Waals surface area contributed by atoms with Gasteiger partial charge in [0.25, 0.3) is 0 Å². The van der Waals surface area contributed by atoms with Crippen molar-refractivity contribution in [2.24, 2.45) is 0 Å². The highest BCUT2D eigenvalue weighted by Gasteiger charge is 2.24. The maximum absolute atomic E-state index is 2.62. The number of piperidine rings is 2. The summed E-state index contributed by atoms with van der Waals surface area (Å²) in [6, 6.07) is 46.9. The summed E-state index contributed by atoms with van der Waals surface area (Å²) in [5.41, 5.74) is 13.5. The molecule has 7 aromatic rings. The van der Waals surface area contributed by atoms with Crippen LogP contribution in [0.1, 0.15) is 49.7 Å². The summed E-state index contributed by atoms with van der Waals surface area (Å²) in [5, 5.41) is 7.94. The van der Waals surface area contributed by atoms with Crippen molar-refractivity contribution in [2.75, 3.05) is 47.9 Å². The molecule has 0 spiro atoms. The minimum atomic E-state index is 1.05. The van der Waals surface area contributed by atoms with Crippen molar-refractivity contribution < 1.29 is 0 Å². The van der Waals surface area contributed by atoms with Gasteiger partial charge in [0.1, 0.15) is 0 Å². The summed E-state index contributed by atoms with van der Waals surface area (Å²) < 4.78 is 0. The number of benzene rings is 7. The van der Waals surface area contributed by atoms with Crippen molar-refractivity contribution in [3.8, 4) is 22.3 Å². The molecule has 3 heterocycles. The van der Waals surface area contributed by atoms with Crippen LogP contribution in [0, 0.1) is 0 Å². The molecule has 2 saturated heterocycles. The highest BCUT2D eigenvalue weighted by atomic mass is 15.1. The van der Waals surface area contributed by atoms with E-state index >= 15 is 0 Å². The van der Waals surface area contributed by atoms with Gasteiger partial charge in [0, 0.05) is 56.0 Å². The highest BCUT2D eigenvalue weighted by Crippen LogP contribution is 2.48. The minimum absolute atomic E-state index is 1.05. The van der Waals surface area contributed by atoms with E-state index in [1.807, 2.05) is 0 Å². The number of nitrogens with zero attached hydrogens (tertiary/aromatic N) is 3. The van der Waals surface area contributed by atoms with Gasteiger partial charge in [0.05, 0.1) is 0 Å². The van der Waals surface area contributed by atoms with Crippen LogP contribution in [-0.4, -0.2) is 33.2 Å². The fourth-order valence-corrected chi connectivity index (χ4v) is 9.56. The van der Waals surface area contributed by atoms with Crippen LogP contribution >= 0.6 is 0 Å². The molecule has 0 aliphatic carbocycles. The third kappa shape index (κ3) is 5.41. The lowest BCUT2D eigenvalue weighted by molar-refractivity contribution is 0.578. The molecule has 258 valence electrons. The second kappa shape index (κ2) is 13.0. The molecule has 3 aliphatic rings. The molecule has 0 saturated carbocycles. The van der Waals surface area contributed by atoms with E-state index in [0.717, 1.165) is 39.0 Å². The first-order chi connectivity index (χ1) is 25.7. The van der Waals surface area contributed by atoms with Crippen LogP contribution in [0.15, 0.2) is 121 Å². The molecule has 0 N–H and O–H groups in total. The largest absolute Gasteiger partial charge is 0.372 e. The van der Waals surface area contributed by atoms with E-state index < -0.39 is 0 Å². The second-order valence-electron chi connectivity index (χ2n) is 15.4. The predicted molar refractivity (Wildman–Crippen MR) is 224 cm³/mol. The molecule has 7 aromatic carbocycles. The zero-order valence-corrected chi connectivity index (χ0v) is 30.4. The van der Waals surface area contributed by atoms with Crippen LogP contribution in [0.5, 0.6) is 0 Å². The van der Waals surface area contributed by atoms with Crippen LogP contribution in [0.4, 0.5) is 22.7 Å². The van der Waals surface area contributed by atoms with E-state index in [2.05, 4.69) is 143 Å². The molecule has 0 atom stereocenters. The summed E-state index contributed by atoms with van der Waals surface area (Å²) in [5.74, 6) is 0. The van der Waals surface area contributed by atoms with Crippen molar-refractivity contribution in [1.82, 2.24) is 0 Å². The highest BCUT2D eigenvalue weighted by molar-refractivity contribution is 6.23. The molecule has 3 aliphatic heterocycles. The Balaban J connectivity index is 1.27. The zero-order valence-electron chi connectivity index (χ0n) is 30.4. The number of hydrogen-bond acceptors (Lipinski definition) is 3. The van der Waals surface area contributed by atoms with Crippen molar-refractivity contribution in [1.29, 1.82) is 0 Å². The van der Waals surface area contributed by atoms with Gasteiger partial charge in [0.2, 0.25) is 0 Å². The van der Waals surface area contributed by atoms with Gasteiger partial charge in [-0.15, -0.1) is 0 Å². The third-order valence-corrected chi connectivity index (χ3v) is 12.3. The summed E-state index contributed by atoms with van der Waals surface area (Å²) in [4.78, 5) is 7.67. The van der Waals surface area contributed by atoms with Crippen LogP contribution < -0.4 is 14.7 Å². The molecule has 3 heteroatoms. The fourth-order valence-electron chi connectivity index (χ4n) is 9.56. The zero-order chi connectivity index (χ0) is 34.6. The normalized spacial score (nSPS) is 16.3. The van der Waals surface area contributed by atoms with Crippen LogP contribution in [0.2, 0.25) is 0 Å². The molecule has 2 fully saturated rings. The first-order valence-electron chi connectivity index (χ1n) is 19.7. The lowest BCUT2D eigenvalue weighted by atomic mass is 9.84. The Hall–Kier alpha value is -5.28. The van der Waals surface area contributed by atoms with Gasteiger partial charge in [0.15, 0.2) is 0 Å². The van der Waals surface area contributed by atoms with E-state index in [4.69, 9.17) is 0 Å². The van der Waals surface area contributed by atoms with Gasteiger partial charge in [-0.1, -0.05) is 78.9 Å². The third-order valence-electron chi connectivity index (χ3n) is 12.3. The Morgan fingerprint density at radius 1 is 0.404 bits per heavy atom. The minimum Gasteiger partial charge on any atom is -0.372 e. The van der Waals surface area contributed by atoms with Gasteiger partial charge in [-0.05, 0) is 160 Å². The molecule has 0 amide bonds. The molecular formula is C49H47N3. The van der Waals surface area contributed by atoms with E-state index in [-0.39, 0.29) is 0 Å². The monoisotopic (exact) mass is 677 g/mol. The van der Waals surface area contributed by atoms with E-state index in [1.54, 1.807) is 0 Å². The van der Waals surface area contributed by atoms with Gasteiger partial charge >= 0.3 is 0 Å². The Morgan fingerprint density at radius 2 is 0.942 bits per heavy atom. The van der Waals surface area contributed by atoms with Gasteiger partial charge < -0.3 is 14.7 Å². The Morgan fingerprint density at radius 3 is 1.60 bits per heavy atom. The number of rotatable bonds is 4. The van der Waals surface area contributed by atoms with Gasteiger partial charge in [-0.3, -0.25) is 0 Å². The average Bonchev–Trinajstić information content (AvgIpc) is 3.35. The molecule has 0 unspecified atom stereocenters. The first kappa shape index (κ1) is 31.5. The Labute approximate surface area is 308 Å². The van der Waals surface area contributed by atoms with E-state index in [1.165, 1.54) is 127 Å². The second-order valence-corrected chi connectivity index (χ2v) is 15.4. The molecular weight excluding hydrogens is 631 g/mol. The number of fused-ring (bicyclic) bond motifs is 5. The summed E-state index contributed by atoms with van der Waals surface area (Å²) in [6.07, 6.45) is 9.85. The smallest absolute Gasteiger partial charge is 0.0447 e. The molecule has 0 radical (unpaired) electrons. The first-order valence-corrected chi connectivity index (χ1v) is 19.7. The molecule has 52 heavy (non-hydrogen) atoms. The number of para-hydroxylation sites is 1. The summed E-state index contributed by atoms with van der Waals surface area (Å²) in [6.45, 7) is 4.53. The molecule has 0 aromatic heterocycles. The topological polar surface area (TPSA) is 9.72 Å². The van der Waals surface area contributed by atoms with E-state index in [9.17, 15) is 0 Å². The average molecular weight is 678 g/mol. The fraction of sp³-hybridized carbons (Fsp3) is 0.265. The van der Waals surface area contributed by atoms with Crippen LogP contribution in [0.3, 0.4) is 0 Å². The predicted octanol–water partition coefficient (Wildman–Crippen LogP) is 12.3. The quantitative estimate of drug-likeness (QED) is 0.172. The summed E-state index contributed by atoms with van der Waals surface area (Å²) >= 11 is 0. The summed E-state index contributed by atoms with van der Waals surface area (Å²) in [7, 11) is 2.26. The van der Waals surface area contributed by atoms with Crippen molar-refractivity contribution in [3.05, 3.63) is 132 Å². The van der Waals surface area contributed by atoms with Crippen molar-refractivity contribution >= 4 is 55.1 Å².